The summed E-state index contributed by atoms with van der Waals surface area (Å²) >= 11 is 0. The van der Waals surface area contributed by atoms with Crippen molar-refractivity contribution in [2.24, 2.45) is 5.73 Å². The fourth-order valence-corrected chi connectivity index (χ4v) is 3.18. The number of hydrogen-bond donors (Lipinski definition) is 1. The third kappa shape index (κ3) is 2.79. The second kappa shape index (κ2) is 5.86. The summed E-state index contributed by atoms with van der Waals surface area (Å²) in [4.78, 5) is 2.38. The minimum Gasteiger partial charge on any atom is -0.368 e. The number of rotatable bonds is 4. The van der Waals surface area contributed by atoms with Gasteiger partial charge in [-0.3, -0.25) is 0 Å². The number of benzene rings is 2. The summed E-state index contributed by atoms with van der Waals surface area (Å²) < 4.78 is 13.8. The van der Waals surface area contributed by atoms with Gasteiger partial charge in [-0.25, -0.2) is 4.39 Å². The lowest BCUT2D eigenvalue weighted by molar-refractivity contribution is 0.549. The molecule has 110 valence electrons. The zero-order chi connectivity index (χ0) is 14.8. The van der Waals surface area contributed by atoms with Gasteiger partial charge in [0, 0.05) is 29.9 Å². The molecule has 1 aliphatic heterocycles. The molecule has 0 aromatic heterocycles. The highest BCUT2D eigenvalue weighted by Gasteiger charge is 2.25. The lowest BCUT2D eigenvalue weighted by Crippen LogP contribution is -2.32. The van der Waals surface area contributed by atoms with E-state index in [4.69, 9.17) is 5.73 Å². The van der Waals surface area contributed by atoms with Crippen LogP contribution in [0.25, 0.3) is 0 Å². The van der Waals surface area contributed by atoms with Gasteiger partial charge in [0.25, 0.3) is 0 Å². The SMILES string of the molecule is CC1Cc2ccccc2N1CCC(N)c1ccccc1F. The lowest BCUT2D eigenvalue weighted by Gasteiger charge is -2.26. The Morgan fingerprint density at radius 1 is 1.19 bits per heavy atom. The summed E-state index contributed by atoms with van der Waals surface area (Å²) in [5.41, 5.74) is 9.47. The second-order valence-electron chi connectivity index (χ2n) is 5.79. The number of nitrogens with zero attached hydrogens (tertiary/aromatic N) is 1. The number of hydrogen-bond acceptors (Lipinski definition) is 2. The molecule has 2 aromatic rings. The van der Waals surface area contributed by atoms with Crippen molar-refractivity contribution >= 4 is 5.69 Å². The standard InChI is InChI=1S/C18H21FN2/c1-13-12-14-6-2-5-9-18(14)21(13)11-10-17(20)15-7-3-4-8-16(15)19/h2-9,13,17H,10-12,20H2,1H3. The Hall–Kier alpha value is -1.87. The van der Waals surface area contributed by atoms with Crippen molar-refractivity contribution in [3.05, 3.63) is 65.5 Å². The van der Waals surface area contributed by atoms with E-state index < -0.39 is 0 Å². The van der Waals surface area contributed by atoms with E-state index in [0.717, 1.165) is 19.4 Å². The first-order valence-corrected chi connectivity index (χ1v) is 7.51. The van der Waals surface area contributed by atoms with Gasteiger partial charge in [-0.05, 0) is 37.5 Å². The normalized spacial score (nSPS) is 18.6. The summed E-state index contributed by atoms with van der Waals surface area (Å²) in [7, 11) is 0. The number of nitrogens with two attached hydrogens (primary N) is 1. The van der Waals surface area contributed by atoms with Crippen LogP contribution in [0.2, 0.25) is 0 Å². The molecule has 21 heavy (non-hydrogen) atoms. The molecule has 0 aliphatic carbocycles. The van der Waals surface area contributed by atoms with Crippen LogP contribution in [0, 0.1) is 5.82 Å². The summed E-state index contributed by atoms with van der Waals surface area (Å²) in [6.07, 6.45) is 1.82. The molecule has 3 rings (SSSR count). The molecule has 0 saturated carbocycles. The Labute approximate surface area is 125 Å². The fourth-order valence-electron chi connectivity index (χ4n) is 3.18. The molecule has 0 spiro atoms. The van der Waals surface area contributed by atoms with Crippen molar-refractivity contribution in [3.8, 4) is 0 Å². The van der Waals surface area contributed by atoms with Crippen LogP contribution < -0.4 is 10.6 Å². The second-order valence-corrected chi connectivity index (χ2v) is 5.79. The third-order valence-electron chi connectivity index (χ3n) is 4.33. The molecule has 2 unspecified atom stereocenters. The first-order valence-electron chi connectivity index (χ1n) is 7.51. The van der Waals surface area contributed by atoms with Gasteiger partial charge in [-0.2, -0.15) is 0 Å². The Morgan fingerprint density at radius 2 is 1.90 bits per heavy atom. The lowest BCUT2D eigenvalue weighted by atomic mass is 10.0. The van der Waals surface area contributed by atoms with E-state index in [2.05, 4.69) is 36.1 Å². The Morgan fingerprint density at radius 3 is 2.71 bits per heavy atom. The van der Waals surface area contributed by atoms with Crippen molar-refractivity contribution in [2.75, 3.05) is 11.4 Å². The van der Waals surface area contributed by atoms with Crippen LogP contribution in [0.3, 0.4) is 0 Å². The van der Waals surface area contributed by atoms with Gasteiger partial charge in [-0.1, -0.05) is 36.4 Å². The molecule has 0 radical (unpaired) electrons. The van der Waals surface area contributed by atoms with Gasteiger partial charge >= 0.3 is 0 Å². The van der Waals surface area contributed by atoms with E-state index in [0.29, 0.717) is 11.6 Å². The molecule has 2 nitrogen and oxygen atoms in total. The van der Waals surface area contributed by atoms with Crippen LogP contribution in [-0.4, -0.2) is 12.6 Å². The molecule has 1 aliphatic rings. The topological polar surface area (TPSA) is 29.3 Å². The highest BCUT2D eigenvalue weighted by atomic mass is 19.1. The van der Waals surface area contributed by atoms with Gasteiger partial charge in [0.05, 0.1) is 0 Å². The number of fused-ring (bicyclic) bond motifs is 1. The van der Waals surface area contributed by atoms with Gasteiger partial charge in [0.15, 0.2) is 0 Å². The first-order chi connectivity index (χ1) is 10.2. The highest BCUT2D eigenvalue weighted by Crippen LogP contribution is 2.32. The van der Waals surface area contributed by atoms with Crippen LogP contribution in [0.15, 0.2) is 48.5 Å². The van der Waals surface area contributed by atoms with Crippen molar-refractivity contribution in [1.82, 2.24) is 0 Å². The number of halogens is 1. The molecule has 1 heterocycles. The molecular formula is C18H21FN2. The van der Waals surface area contributed by atoms with Crippen LogP contribution in [0.5, 0.6) is 0 Å². The maximum atomic E-state index is 13.8. The monoisotopic (exact) mass is 284 g/mol. The van der Waals surface area contributed by atoms with Crippen LogP contribution >= 0.6 is 0 Å². The van der Waals surface area contributed by atoms with Crippen molar-refractivity contribution < 1.29 is 4.39 Å². The van der Waals surface area contributed by atoms with Gasteiger partial charge in [-0.15, -0.1) is 0 Å². The maximum absolute atomic E-state index is 13.8. The Balaban J connectivity index is 1.69. The highest BCUT2D eigenvalue weighted by molar-refractivity contribution is 5.59. The van der Waals surface area contributed by atoms with Crippen LogP contribution in [0.1, 0.15) is 30.5 Å². The minimum absolute atomic E-state index is 0.208. The van der Waals surface area contributed by atoms with Crippen molar-refractivity contribution in [3.63, 3.8) is 0 Å². The largest absolute Gasteiger partial charge is 0.368 e. The van der Waals surface area contributed by atoms with Gasteiger partial charge < -0.3 is 10.6 Å². The molecule has 0 saturated heterocycles. The number of para-hydroxylation sites is 1. The quantitative estimate of drug-likeness (QED) is 0.928. The molecule has 0 bridgehead atoms. The average Bonchev–Trinajstić information content (AvgIpc) is 2.81. The molecular weight excluding hydrogens is 263 g/mol. The molecule has 2 N–H and O–H groups in total. The van der Waals surface area contributed by atoms with Crippen LogP contribution in [-0.2, 0) is 6.42 Å². The van der Waals surface area contributed by atoms with Crippen molar-refractivity contribution in [1.29, 1.82) is 0 Å². The number of anilines is 1. The predicted molar refractivity (Wildman–Crippen MR) is 84.9 cm³/mol. The zero-order valence-corrected chi connectivity index (χ0v) is 12.3. The summed E-state index contributed by atoms with van der Waals surface area (Å²) in [6.45, 7) is 3.09. The van der Waals surface area contributed by atoms with E-state index in [1.165, 1.54) is 17.3 Å². The summed E-state index contributed by atoms with van der Waals surface area (Å²) in [5, 5.41) is 0. The van der Waals surface area contributed by atoms with Gasteiger partial charge in [0.1, 0.15) is 5.82 Å². The Bertz CT molecular complexity index is 626. The smallest absolute Gasteiger partial charge is 0.127 e. The zero-order valence-electron chi connectivity index (χ0n) is 12.3. The maximum Gasteiger partial charge on any atom is 0.127 e. The summed E-state index contributed by atoms with van der Waals surface area (Å²) in [6, 6.07) is 15.5. The average molecular weight is 284 g/mol. The van der Waals surface area contributed by atoms with E-state index in [9.17, 15) is 4.39 Å². The minimum atomic E-state index is -0.258. The molecule has 0 fully saturated rings. The molecule has 2 atom stereocenters. The van der Waals surface area contributed by atoms with E-state index >= 15 is 0 Å². The van der Waals surface area contributed by atoms with E-state index in [-0.39, 0.29) is 11.9 Å². The summed E-state index contributed by atoms with van der Waals surface area (Å²) in [5.74, 6) is -0.208. The predicted octanol–water partition coefficient (Wildman–Crippen LogP) is 3.67. The Kier molecular flexibility index (Phi) is 3.93. The van der Waals surface area contributed by atoms with Crippen LogP contribution in [0.4, 0.5) is 10.1 Å². The molecule has 2 aromatic carbocycles. The van der Waals surface area contributed by atoms with Crippen molar-refractivity contribution in [2.45, 2.75) is 31.8 Å². The van der Waals surface area contributed by atoms with E-state index in [1.807, 2.05) is 6.07 Å². The third-order valence-corrected chi connectivity index (χ3v) is 4.33. The fraction of sp³-hybridized carbons (Fsp3) is 0.333. The molecule has 3 heteroatoms. The van der Waals surface area contributed by atoms with Gasteiger partial charge in [0.2, 0.25) is 0 Å². The molecule has 0 amide bonds. The van der Waals surface area contributed by atoms with E-state index in [1.54, 1.807) is 12.1 Å². The first kappa shape index (κ1) is 14.1.